The number of hydrogen-bond donors (Lipinski definition) is 1. The lowest BCUT2D eigenvalue weighted by Crippen LogP contribution is -2.38. The molecule has 2 aromatic rings. The van der Waals surface area contributed by atoms with E-state index in [1.165, 1.54) is 0 Å². The second-order valence-corrected chi connectivity index (χ2v) is 10.1. The highest BCUT2D eigenvalue weighted by Crippen LogP contribution is 2.32. The minimum atomic E-state index is 0.232. The highest BCUT2D eigenvalue weighted by atomic mass is 16.5. The molecule has 42 heavy (non-hydrogen) atoms. The van der Waals surface area contributed by atoms with E-state index in [1.54, 1.807) is 42.7 Å². The molecule has 0 saturated carbocycles. The number of anilines is 4. The summed E-state index contributed by atoms with van der Waals surface area (Å²) in [5, 5.41) is 3.51. The summed E-state index contributed by atoms with van der Waals surface area (Å²) < 4.78 is 32.5. The Labute approximate surface area is 250 Å². The number of nitrogens with zero attached hydrogens (tertiary/aromatic N) is 7. The quantitative estimate of drug-likeness (QED) is 0.210. The first-order valence-corrected chi connectivity index (χ1v) is 14.7. The fraction of sp³-hybridized carbons (Fsp3) is 0.786. The van der Waals surface area contributed by atoms with E-state index in [0.29, 0.717) is 94.5 Å². The second-order valence-electron chi connectivity index (χ2n) is 10.1. The number of fused-ring (bicyclic) bond motifs is 1. The fourth-order valence-electron chi connectivity index (χ4n) is 4.76. The minimum absolute atomic E-state index is 0.232. The van der Waals surface area contributed by atoms with Crippen LogP contribution in [0.1, 0.15) is 19.3 Å². The molecule has 2 aromatic heterocycles. The summed E-state index contributed by atoms with van der Waals surface area (Å²) in [5.41, 5.74) is 1.37. The summed E-state index contributed by atoms with van der Waals surface area (Å²) >= 11 is 0. The number of rotatable bonds is 21. The van der Waals surface area contributed by atoms with Crippen LogP contribution in [0.4, 0.5) is 23.5 Å². The Balaban J connectivity index is 2.19. The van der Waals surface area contributed by atoms with Crippen molar-refractivity contribution >= 4 is 34.6 Å². The molecule has 1 aliphatic heterocycles. The van der Waals surface area contributed by atoms with E-state index >= 15 is 0 Å². The van der Waals surface area contributed by atoms with Gasteiger partial charge in [-0.05, 0) is 19.3 Å². The van der Waals surface area contributed by atoms with E-state index in [2.05, 4.69) is 20.0 Å². The Bertz CT molecular complexity index is 1030. The molecule has 238 valence electrons. The van der Waals surface area contributed by atoms with Crippen molar-refractivity contribution in [1.82, 2.24) is 19.9 Å². The van der Waals surface area contributed by atoms with Crippen LogP contribution in [0.5, 0.6) is 0 Å². The Hall–Kier alpha value is -2.62. The normalized spacial score (nSPS) is 14.1. The van der Waals surface area contributed by atoms with Gasteiger partial charge in [0.25, 0.3) is 0 Å². The summed E-state index contributed by atoms with van der Waals surface area (Å²) in [7, 11) is 10.2. The first-order valence-electron chi connectivity index (χ1n) is 14.7. The highest BCUT2D eigenvalue weighted by molar-refractivity contribution is 5.95. The van der Waals surface area contributed by atoms with Crippen molar-refractivity contribution < 1.29 is 28.4 Å². The number of aromatic nitrogens is 4. The molecule has 0 aliphatic carbocycles. The third-order valence-corrected chi connectivity index (χ3v) is 7.22. The summed E-state index contributed by atoms with van der Waals surface area (Å²) in [6.07, 6.45) is 2.86. The van der Waals surface area contributed by atoms with Crippen molar-refractivity contribution in [3.05, 3.63) is 0 Å². The molecule has 3 rings (SSSR count). The van der Waals surface area contributed by atoms with Crippen LogP contribution in [0.3, 0.4) is 0 Å². The first-order chi connectivity index (χ1) is 20.6. The van der Waals surface area contributed by atoms with Gasteiger partial charge in [-0.15, -0.1) is 0 Å². The Morgan fingerprint density at radius 2 is 1.17 bits per heavy atom. The minimum Gasteiger partial charge on any atom is -0.385 e. The molecule has 14 heteroatoms. The summed E-state index contributed by atoms with van der Waals surface area (Å²) in [6.45, 7) is 7.50. The average Bonchev–Trinajstić information content (AvgIpc) is 3.02. The molecule has 3 heterocycles. The van der Waals surface area contributed by atoms with Crippen LogP contribution in [0.25, 0.3) is 11.0 Å². The van der Waals surface area contributed by atoms with Gasteiger partial charge in [-0.25, -0.2) is 9.97 Å². The molecule has 0 amide bonds. The van der Waals surface area contributed by atoms with Crippen molar-refractivity contribution in [3.8, 4) is 0 Å². The standard InChI is InChI=1S/C28H50N8O6/c1-37-17-7-10-29-25-23-24(31-27(32-25)35(13-18-38-2)14-19-39-3)26(34-11-8-22(42-6)9-12-34)33-28(30-23)36(15-20-40-4)16-21-41-5/h22H,7-21H2,1-6H3,(H,29,31,32). The zero-order valence-electron chi connectivity index (χ0n) is 26.3. The maximum absolute atomic E-state index is 5.65. The van der Waals surface area contributed by atoms with E-state index in [0.717, 1.165) is 38.2 Å². The molecule has 1 saturated heterocycles. The van der Waals surface area contributed by atoms with Crippen molar-refractivity contribution in [1.29, 1.82) is 0 Å². The summed E-state index contributed by atoms with van der Waals surface area (Å²) in [6, 6.07) is 0. The van der Waals surface area contributed by atoms with Crippen molar-refractivity contribution in [2.24, 2.45) is 0 Å². The van der Waals surface area contributed by atoms with Crippen LogP contribution in [0.2, 0.25) is 0 Å². The molecule has 0 aromatic carbocycles. The van der Waals surface area contributed by atoms with Crippen LogP contribution < -0.4 is 20.0 Å². The first kappa shape index (κ1) is 33.9. The molecule has 0 bridgehead atoms. The number of piperidine rings is 1. The molecule has 0 unspecified atom stereocenters. The van der Waals surface area contributed by atoms with Gasteiger partial charge < -0.3 is 48.4 Å². The largest absolute Gasteiger partial charge is 0.385 e. The second kappa shape index (κ2) is 18.8. The number of ether oxygens (including phenoxy) is 6. The molecule has 0 radical (unpaired) electrons. The monoisotopic (exact) mass is 594 g/mol. The summed E-state index contributed by atoms with van der Waals surface area (Å²) in [5.74, 6) is 2.60. The Kier molecular flexibility index (Phi) is 15.2. The SMILES string of the molecule is COCCCNc1nc(N(CCOC)CCOC)nc2c(N3CCC(OC)CC3)nc(N(CCOC)CCOC)nc12. The average molecular weight is 595 g/mol. The number of methoxy groups -OCH3 is 6. The smallest absolute Gasteiger partial charge is 0.228 e. The van der Waals surface area contributed by atoms with E-state index in [4.69, 9.17) is 48.4 Å². The Morgan fingerprint density at radius 1 is 0.667 bits per heavy atom. The lowest BCUT2D eigenvalue weighted by atomic mass is 10.1. The van der Waals surface area contributed by atoms with E-state index in [-0.39, 0.29) is 6.10 Å². The van der Waals surface area contributed by atoms with Crippen LogP contribution in [0, 0.1) is 0 Å². The van der Waals surface area contributed by atoms with Gasteiger partial charge in [0.2, 0.25) is 11.9 Å². The third kappa shape index (κ3) is 9.71. The predicted molar refractivity (Wildman–Crippen MR) is 164 cm³/mol. The van der Waals surface area contributed by atoms with Gasteiger partial charge in [0, 0.05) is 95.1 Å². The predicted octanol–water partition coefficient (Wildman–Crippen LogP) is 1.68. The molecular weight excluding hydrogens is 544 g/mol. The van der Waals surface area contributed by atoms with Crippen LogP contribution in [-0.4, -0.2) is 148 Å². The summed E-state index contributed by atoms with van der Waals surface area (Å²) in [4.78, 5) is 26.7. The van der Waals surface area contributed by atoms with Crippen molar-refractivity contribution in [2.45, 2.75) is 25.4 Å². The topological polar surface area (TPSA) is 129 Å². The van der Waals surface area contributed by atoms with Gasteiger partial charge in [-0.1, -0.05) is 0 Å². The van der Waals surface area contributed by atoms with Gasteiger partial charge in [-0.3, -0.25) is 0 Å². The molecule has 1 N–H and O–H groups in total. The van der Waals surface area contributed by atoms with Crippen LogP contribution in [0.15, 0.2) is 0 Å². The fourth-order valence-corrected chi connectivity index (χ4v) is 4.76. The van der Waals surface area contributed by atoms with Crippen molar-refractivity contribution in [3.63, 3.8) is 0 Å². The highest BCUT2D eigenvalue weighted by Gasteiger charge is 2.27. The van der Waals surface area contributed by atoms with E-state index in [9.17, 15) is 0 Å². The molecule has 1 fully saturated rings. The number of nitrogens with one attached hydrogen (secondary N) is 1. The maximum atomic E-state index is 5.65. The maximum Gasteiger partial charge on any atom is 0.228 e. The van der Waals surface area contributed by atoms with Crippen LogP contribution in [-0.2, 0) is 28.4 Å². The van der Waals surface area contributed by atoms with Crippen molar-refractivity contribution in [2.75, 3.05) is 142 Å². The zero-order valence-corrected chi connectivity index (χ0v) is 26.3. The van der Waals surface area contributed by atoms with Gasteiger partial charge >= 0.3 is 0 Å². The molecule has 14 nitrogen and oxygen atoms in total. The lowest BCUT2D eigenvalue weighted by molar-refractivity contribution is 0.0818. The van der Waals surface area contributed by atoms with Gasteiger partial charge in [-0.2, -0.15) is 9.97 Å². The van der Waals surface area contributed by atoms with Crippen LogP contribution >= 0.6 is 0 Å². The van der Waals surface area contributed by atoms with E-state index < -0.39 is 0 Å². The Morgan fingerprint density at radius 3 is 1.67 bits per heavy atom. The van der Waals surface area contributed by atoms with E-state index in [1.807, 2.05) is 0 Å². The van der Waals surface area contributed by atoms with Gasteiger partial charge in [0.15, 0.2) is 11.6 Å². The van der Waals surface area contributed by atoms with Gasteiger partial charge in [0.05, 0.1) is 32.5 Å². The molecule has 0 spiro atoms. The molecule has 0 atom stereocenters. The number of hydrogen-bond acceptors (Lipinski definition) is 14. The molecular formula is C28H50N8O6. The van der Waals surface area contributed by atoms with Gasteiger partial charge in [0.1, 0.15) is 11.0 Å². The lowest BCUT2D eigenvalue weighted by Gasteiger charge is -2.33. The zero-order chi connectivity index (χ0) is 30.2. The third-order valence-electron chi connectivity index (χ3n) is 7.22. The molecule has 1 aliphatic rings.